The minimum absolute atomic E-state index is 0.319. The van der Waals surface area contributed by atoms with Gasteiger partial charge in [0.2, 0.25) is 0 Å². The van der Waals surface area contributed by atoms with Gasteiger partial charge in [-0.3, -0.25) is 10.8 Å². The van der Waals surface area contributed by atoms with Gasteiger partial charge >= 0.3 is 0 Å². The lowest BCUT2D eigenvalue weighted by Gasteiger charge is -2.22. The van der Waals surface area contributed by atoms with Crippen LogP contribution >= 0.6 is 15.9 Å². The predicted molar refractivity (Wildman–Crippen MR) is 75.3 cm³/mol. The third-order valence-electron chi connectivity index (χ3n) is 3.40. The number of nitrogens with zero attached hydrogens (tertiary/aromatic N) is 1. The largest absolute Gasteiger partial charge is 0.376 e. The van der Waals surface area contributed by atoms with Gasteiger partial charge in [-0.05, 0) is 34.5 Å². The molecule has 0 saturated heterocycles. The number of anilines is 1. The van der Waals surface area contributed by atoms with Crippen molar-refractivity contribution in [2.24, 2.45) is 5.84 Å². The average molecular weight is 326 g/mol. The zero-order valence-corrected chi connectivity index (χ0v) is 12.0. The molecule has 0 amide bonds. The van der Waals surface area contributed by atoms with Crippen LogP contribution in [0.4, 0.5) is 10.1 Å². The Morgan fingerprint density at radius 3 is 3.05 bits per heavy atom. The first-order chi connectivity index (χ1) is 9.13. The molecule has 0 spiro atoms. The monoisotopic (exact) mass is 325 g/mol. The highest BCUT2D eigenvalue weighted by molar-refractivity contribution is 9.10. The van der Waals surface area contributed by atoms with Gasteiger partial charge in [0.05, 0.1) is 34.6 Å². The van der Waals surface area contributed by atoms with Gasteiger partial charge in [0.1, 0.15) is 5.82 Å². The quantitative estimate of drug-likeness (QED) is 0.625. The summed E-state index contributed by atoms with van der Waals surface area (Å²) in [6.07, 6.45) is 0.744. The molecule has 0 bridgehead atoms. The number of hydrazine groups is 1. The number of benzene rings is 1. The number of fused-ring (bicyclic) bond motifs is 2. The number of nitrogens with two attached hydrogens (primary N) is 1. The van der Waals surface area contributed by atoms with Gasteiger partial charge in [0.15, 0.2) is 0 Å². The van der Waals surface area contributed by atoms with E-state index in [2.05, 4.69) is 26.3 Å². The molecular weight excluding hydrogens is 313 g/mol. The van der Waals surface area contributed by atoms with Crippen molar-refractivity contribution in [3.05, 3.63) is 33.2 Å². The molecule has 2 aromatic rings. The minimum atomic E-state index is -0.319. The Kier molecular flexibility index (Phi) is 3.16. The van der Waals surface area contributed by atoms with E-state index in [4.69, 9.17) is 10.6 Å². The zero-order chi connectivity index (χ0) is 13.6. The molecule has 100 valence electrons. The van der Waals surface area contributed by atoms with Crippen LogP contribution in [0.1, 0.15) is 16.8 Å². The Balaban J connectivity index is 2.47. The highest BCUT2D eigenvalue weighted by Crippen LogP contribution is 2.38. The Hall–Kier alpha value is -1.24. The number of hydrogen-bond acceptors (Lipinski definition) is 4. The van der Waals surface area contributed by atoms with E-state index in [1.165, 1.54) is 6.07 Å². The van der Waals surface area contributed by atoms with E-state index < -0.39 is 0 Å². The van der Waals surface area contributed by atoms with E-state index >= 15 is 0 Å². The second kappa shape index (κ2) is 4.70. The lowest BCUT2D eigenvalue weighted by atomic mass is 10.0. The molecule has 1 aliphatic heterocycles. The lowest BCUT2D eigenvalue weighted by molar-refractivity contribution is 0.110. The standard InChI is InChI=1S/C13H13BrFN3O/c1-6-4-8(15)11(14)10-12(6)17-9-2-3-19-5-7(9)13(10)18-16/h4H,2-3,5,16H2,1H3,(H,17,18). The molecular formula is C13H13BrFN3O. The Morgan fingerprint density at radius 1 is 1.53 bits per heavy atom. The van der Waals surface area contributed by atoms with Crippen LogP contribution in [0.5, 0.6) is 0 Å². The number of hydrogen-bond donors (Lipinski definition) is 2. The van der Waals surface area contributed by atoms with Gasteiger partial charge in [-0.25, -0.2) is 4.39 Å². The third-order valence-corrected chi connectivity index (χ3v) is 4.18. The van der Waals surface area contributed by atoms with Crippen LogP contribution in [0, 0.1) is 12.7 Å². The third kappa shape index (κ3) is 1.91. The van der Waals surface area contributed by atoms with E-state index in [9.17, 15) is 4.39 Å². The highest BCUT2D eigenvalue weighted by atomic mass is 79.9. The minimum Gasteiger partial charge on any atom is -0.376 e. The van der Waals surface area contributed by atoms with Crippen molar-refractivity contribution < 1.29 is 9.13 Å². The first-order valence-corrected chi connectivity index (χ1v) is 6.77. The van der Waals surface area contributed by atoms with Crippen molar-refractivity contribution in [1.29, 1.82) is 0 Å². The normalized spacial score (nSPS) is 14.5. The molecule has 0 unspecified atom stereocenters. The summed E-state index contributed by atoms with van der Waals surface area (Å²) in [5.74, 6) is 5.31. The molecule has 4 nitrogen and oxygen atoms in total. The van der Waals surface area contributed by atoms with Crippen molar-refractivity contribution in [3.8, 4) is 0 Å². The van der Waals surface area contributed by atoms with Gasteiger partial charge in [-0.1, -0.05) is 0 Å². The maximum Gasteiger partial charge on any atom is 0.138 e. The summed E-state index contributed by atoms with van der Waals surface area (Å²) in [7, 11) is 0. The lowest BCUT2D eigenvalue weighted by Crippen LogP contribution is -2.18. The van der Waals surface area contributed by atoms with Crippen LogP contribution in [0.15, 0.2) is 10.5 Å². The van der Waals surface area contributed by atoms with E-state index in [0.29, 0.717) is 28.8 Å². The summed E-state index contributed by atoms with van der Waals surface area (Å²) in [5, 5.41) is 0.671. The number of nitrogens with one attached hydrogen (secondary N) is 1. The fourth-order valence-electron chi connectivity index (χ4n) is 2.48. The van der Waals surface area contributed by atoms with E-state index in [1.54, 1.807) is 0 Å². The zero-order valence-electron chi connectivity index (χ0n) is 10.4. The first-order valence-electron chi connectivity index (χ1n) is 5.98. The van der Waals surface area contributed by atoms with Crippen LogP contribution in [-0.4, -0.2) is 11.6 Å². The molecule has 1 aromatic heterocycles. The molecule has 1 aliphatic rings. The smallest absolute Gasteiger partial charge is 0.138 e. The molecule has 6 heteroatoms. The second-order valence-corrected chi connectivity index (χ2v) is 5.36. The maximum atomic E-state index is 13.9. The SMILES string of the molecule is Cc1cc(F)c(Br)c2c(NN)c3c(nc12)CCOC3. The number of halogens is 2. The summed E-state index contributed by atoms with van der Waals surface area (Å²) in [4.78, 5) is 4.65. The fraction of sp³-hybridized carbons (Fsp3) is 0.308. The van der Waals surface area contributed by atoms with Gasteiger partial charge in [-0.2, -0.15) is 0 Å². The molecule has 0 aliphatic carbocycles. The van der Waals surface area contributed by atoms with Gasteiger partial charge in [0, 0.05) is 17.4 Å². The Labute approximate surface area is 118 Å². The summed E-state index contributed by atoms with van der Waals surface area (Å²) in [6.45, 7) is 2.94. The second-order valence-electron chi connectivity index (χ2n) is 4.57. The molecule has 0 saturated carbocycles. The number of nitrogen functional groups attached to an aromatic ring is 1. The van der Waals surface area contributed by atoms with E-state index in [0.717, 1.165) is 28.8 Å². The molecule has 3 rings (SSSR count). The molecule has 0 fully saturated rings. The molecule has 0 atom stereocenters. The maximum absolute atomic E-state index is 13.9. The topological polar surface area (TPSA) is 60.2 Å². The van der Waals surface area contributed by atoms with Gasteiger partial charge in [-0.15, -0.1) is 0 Å². The van der Waals surface area contributed by atoms with Crippen LogP contribution in [0.25, 0.3) is 10.9 Å². The number of aromatic nitrogens is 1. The van der Waals surface area contributed by atoms with Crippen molar-refractivity contribution >= 4 is 32.5 Å². The average Bonchev–Trinajstić information content (AvgIpc) is 2.42. The fourth-order valence-corrected chi connectivity index (χ4v) is 2.98. The molecule has 3 N–H and O–H groups in total. The summed E-state index contributed by atoms with van der Waals surface area (Å²) < 4.78 is 19.7. The van der Waals surface area contributed by atoms with Gasteiger partial charge < -0.3 is 10.2 Å². The van der Waals surface area contributed by atoms with E-state index in [1.807, 2.05) is 6.92 Å². The van der Waals surface area contributed by atoms with Crippen LogP contribution in [-0.2, 0) is 17.8 Å². The predicted octanol–water partition coefficient (Wildman–Crippen LogP) is 2.80. The van der Waals surface area contributed by atoms with Crippen LogP contribution in [0.3, 0.4) is 0 Å². The number of rotatable bonds is 1. The van der Waals surface area contributed by atoms with Crippen molar-refractivity contribution in [2.75, 3.05) is 12.0 Å². The molecule has 0 radical (unpaired) electrons. The number of pyridine rings is 1. The number of ether oxygens (including phenoxy) is 1. The molecule has 2 heterocycles. The first kappa shape index (κ1) is 12.8. The summed E-state index contributed by atoms with van der Waals surface area (Å²) in [5.41, 5.74) is 6.80. The van der Waals surface area contributed by atoms with Crippen LogP contribution in [0.2, 0.25) is 0 Å². The summed E-state index contributed by atoms with van der Waals surface area (Å²) >= 11 is 3.28. The Bertz CT molecular complexity index is 675. The van der Waals surface area contributed by atoms with Crippen molar-refractivity contribution in [1.82, 2.24) is 4.98 Å². The van der Waals surface area contributed by atoms with Crippen LogP contribution < -0.4 is 11.3 Å². The summed E-state index contributed by atoms with van der Waals surface area (Å²) in [6, 6.07) is 1.48. The Morgan fingerprint density at radius 2 is 2.32 bits per heavy atom. The molecule has 1 aromatic carbocycles. The van der Waals surface area contributed by atoms with E-state index in [-0.39, 0.29) is 5.82 Å². The molecule has 19 heavy (non-hydrogen) atoms. The number of aryl methyl sites for hydroxylation is 1. The highest BCUT2D eigenvalue weighted by Gasteiger charge is 2.21. The van der Waals surface area contributed by atoms with Crippen molar-refractivity contribution in [2.45, 2.75) is 20.0 Å². The van der Waals surface area contributed by atoms with Crippen molar-refractivity contribution in [3.63, 3.8) is 0 Å². The van der Waals surface area contributed by atoms with Gasteiger partial charge in [0.25, 0.3) is 0 Å².